The molecule has 0 bridgehead atoms. The molecule has 0 unspecified atom stereocenters. The number of hydrogen-bond donors (Lipinski definition) is 0. The molecule has 0 aliphatic heterocycles. The van der Waals surface area contributed by atoms with Crippen LogP contribution in [0.25, 0.3) is 0 Å². The number of para-hydroxylation sites is 1. The van der Waals surface area contributed by atoms with Crippen LogP contribution in [0.4, 0.5) is 11.6 Å². The summed E-state index contributed by atoms with van der Waals surface area (Å²) in [5.41, 5.74) is 1.07. The van der Waals surface area contributed by atoms with Gasteiger partial charge in [-0.25, -0.2) is 9.97 Å². The molecule has 0 atom stereocenters. The summed E-state index contributed by atoms with van der Waals surface area (Å²) in [6.45, 7) is 0. The Morgan fingerprint density at radius 3 is 1.22 bits per heavy atom. The molecule has 5 rings (SSSR count). The lowest BCUT2D eigenvalue weighted by molar-refractivity contribution is 1.11. The molecule has 0 fully saturated rings. The van der Waals surface area contributed by atoms with E-state index in [9.17, 15) is 0 Å². The maximum absolute atomic E-state index is 4.75. The summed E-state index contributed by atoms with van der Waals surface area (Å²) in [6, 6.07) is 44.8. The zero-order valence-electron chi connectivity index (χ0n) is 17.6. The van der Waals surface area contributed by atoms with Gasteiger partial charge in [-0.15, -0.1) is 0 Å². The van der Waals surface area contributed by atoms with Crippen molar-refractivity contribution in [1.82, 2.24) is 9.97 Å². The lowest BCUT2D eigenvalue weighted by Crippen LogP contribution is -2.76. The van der Waals surface area contributed by atoms with E-state index in [2.05, 4.69) is 120 Å². The van der Waals surface area contributed by atoms with E-state index in [1.807, 2.05) is 24.5 Å². The van der Waals surface area contributed by atoms with Gasteiger partial charge in [-0.1, -0.05) is 109 Å². The molecule has 0 aliphatic carbocycles. The van der Waals surface area contributed by atoms with Crippen LogP contribution in [0.15, 0.2) is 140 Å². The third kappa shape index (κ3) is 3.51. The Balaban J connectivity index is 1.94. The predicted molar refractivity (Wildman–Crippen MR) is 135 cm³/mol. The lowest BCUT2D eigenvalue weighted by Gasteiger charge is -2.43. The monoisotopic (exact) mass is 429 g/mol. The number of anilines is 2. The second-order valence-corrected chi connectivity index (χ2v) is 11.1. The maximum atomic E-state index is 4.75. The Bertz CT molecular complexity index is 1110. The molecule has 0 saturated heterocycles. The standard InChI is InChI=1S/C28H23N3Si/c1-5-14-24(15-6-1)31(28-29-22-13-23-30-28)32(25-16-7-2-8-17-25,26-18-9-3-10-19-26)27-20-11-4-12-21-27/h1-23H. The van der Waals surface area contributed by atoms with Crippen molar-refractivity contribution in [2.75, 3.05) is 4.57 Å². The minimum atomic E-state index is -2.83. The van der Waals surface area contributed by atoms with Crippen LogP contribution < -0.4 is 20.1 Å². The summed E-state index contributed by atoms with van der Waals surface area (Å²) in [5, 5.41) is 3.82. The Morgan fingerprint density at radius 2 is 0.812 bits per heavy atom. The molecule has 4 aromatic carbocycles. The predicted octanol–water partition coefficient (Wildman–Crippen LogP) is 4.28. The van der Waals surface area contributed by atoms with E-state index in [-0.39, 0.29) is 0 Å². The average Bonchev–Trinajstić information content (AvgIpc) is 2.90. The van der Waals surface area contributed by atoms with E-state index in [0.717, 1.165) is 5.69 Å². The molecule has 32 heavy (non-hydrogen) atoms. The number of aromatic nitrogens is 2. The van der Waals surface area contributed by atoms with Crippen LogP contribution in [-0.4, -0.2) is 18.2 Å². The lowest BCUT2D eigenvalue weighted by atomic mass is 10.3. The Kier molecular flexibility index (Phi) is 5.60. The molecule has 0 radical (unpaired) electrons. The first kappa shape index (κ1) is 19.9. The Morgan fingerprint density at radius 1 is 0.438 bits per heavy atom. The van der Waals surface area contributed by atoms with Crippen molar-refractivity contribution in [2.45, 2.75) is 0 Å². The normalized spacial score (nSPS) is 11.1. The topological polar surface area (TPSA) is 29.0 Å². The van der Waals surface area contributed by atoms with Gasteiger partial charge in [-0.3, -0.25) is 0 Å². The van der Waals surface area contributed by atoms with Crippen LogP contribution in [0.5, 0.6) is 0 Å². The second kappa shape index (κ2) is 9.00. The molecule has 0 aliphatic rings. The SMILES string of the molecule is c1ccc(N(c2ncccn2)[Si](c2ccccc2)(c2ccccc2)c2ccccc2)cc1. The van der Waals surface area contributed by atoms with Crippen LogP contribution >= 0.6 is 0 Å². The van der Waals surface area contributed by atoms with Crippen molar-refractivity contribution in [2.24, 2.45) is 0 Å². The molecule has 0 amide bonds. The minimum absolute atomic E-state index is 0.696. The fourth-order valence-corrected chi connectivity index (χ4v) is 9.12. The molecule has 5 aromatic rings. The highest BCUT2D eigenvalue weighted by Crippen LogP contribution is 2.28. The first-order valence-electron chi connectivity index (χ1n) is 10.7. The fraction of sp³-hybridized carbons (Fsp3) is 0. The zero-order valence-corrected chi connectivity index (χ0v) is 18.6. The molecule has 0 N–H and O–H groups in total. The van der Waals surface area contributed by atoms with Gasteiger partial charge in [-0.05, 0) is 33.8 Å². The first-order valence-corrected chi connectivity index (χ1v) is 12.6. The molecular formula is C28H23N3Si. The molecular weight excluding hydrogens is 406 g/mol. The van der Waals surface area contributed by atoms with Crippen molar-refractivity contribution in [3.05, 3.63) is 140 Å². The summed E-state index contributed by atoms with van der Waals surface area (Å²) >= 11 is 0. The van der Waals surface area contributed by atoms with Crippen molar-refractivity contribution >= 4 is 35.4 Å². The van der Waals surface area contributed by atoms with Crippen molar-refractivity contribution in [1.29, 1.82) is 0 Å². The van der Waals surface area contributed by atoms with Gasteiger partial charge in [0.25, 0.3) is 8.24 Å². The zero-order chi connectivity index (χ0) is 21.6. The number of benzene rings is 4. The van der Waals surface area contributed by atoms with Gasteiger partial charge in [0, 0.05) is 18.1 Å². The molecule has 0 saturated carbocycles. The molecule has 3 nitrogen and oxygen atoms in total. The van der Waals surface area contributed by atoms with Crippen molar-refractivity contribution in [3.8, 4) is 0 Å². The second-order valence-electron chi connectivity index (χ2n) is 7.53. The summed E-state index contributed by atoms with van der Waals surface area (Å²) in [4.78, 5) is 9.49. The number of rotatable bonds is 6. The summed E-state index contributed by atoms with van der Waals surface area (Å²) in [6.07, 6.45) is 3.64. The summed E-state index contributed by atoms with van der Waals surface area (Å²) < 4.78 is 2.38. The van der Waals surface area contributed by atoms with Gasteiger partial charge in [0.2, 0.25) is 5.95 Å². The van der Waals surface area contributed by atoms with E-state index in [0.29, 0.717) is 5.95 Å². The van der Waals surface area contributed by atoms with E-state index in [1.165, 1.54) is 15.6 Å². The third-order valence-electron chi connectivity index (χ3n) is 5.68. The molecule has 4 heteroatoms. The smallest absolute Gasteiger partial charge is 0.260 e. The average molecular weight is 430 g/mol. The first-order chi connectivity index (χ1) is 15.9. The van der Waals surface area contributed by atoms with Crippen molar-refractivity contribution in [3.63, 3.8) is 0 Å². The number of hydrogen-bond acceptors (Lipinski definition) is 3. The largest absolute Gasteiger partial charge is 0.325 e. The third-order valence-corrected chi connectivity index (χ3v) is 10.3. The Hall–Kier alpha value is -4.02. The fourth-order valence-electron chi connectivity index (χ4n) is 4.37. The van der Waals surface area contributed by atoms with Crippen LogP contribution in [0.1, 0.15) is 0 Å². The van der Waals surface area contributed by atoms with Crippen LogP contribution in [0.2, 0.25) is 0 Å². The quantitative estimate of drug-likeness (QED) is 0.298. The van der Waals surface area contributed by atoms with Gasteiger partial charge in [0.05, 0.1) is 0 Å². The van der Waals surface area contributed by atoms with E-state index >= 15 is 0 Å². The highest BCUT2D eigenvalue weighted by atomic mass is 28.3. The minimum Gasteiger partial charge on any atom is -0.325 e. The van der Waals surface area contributed by atoms with E-state index in [1.54, 1.807) is 0 Å². The van der Waals surface area contributed by atoms with Gasteiger partial charge >= 0.3 is 0 Å². The van der Waals surface area contributed by atoms with Gasteiger partial charge < -0.3 is 4.57 Å². The van der Waals surface area contributed by atoms with Crippen molar-refractivity contribution < 1.29 is 0 Å². The van der Waals surface area contributed by atoms with Gasteiger partial charge in [0.1, 0.15) is 0 Å². The molecule has 154 valence electrons. The van der Waals surface area contributed by atoms with Crippen LogP contribution in [-0.2, 0) is 0 Å². The molecule has 1 aromatic heterocycles. The highest BCUT2D eigenvalue weighted by Gasteiger charge is 2.48. The van der Waals surface area contributed by atoms with E-state index in [4.69, 9.17) is 9.97 Å². The summed E-state index contributed by atoms with van der Waals surface area (Å²) in [5.74, 6) is 0.696. The molecule has 0 spiro atoms. The maximum Gasteiger partial charge on any atom is 0.260 e. The Labute approximate surface area is 189 Å². The highest BCUT2D eigenvalue weighted by molar-refractivity contribution is 7.14. The van der Waals surface area contributed by atoms with Crippen LogP contribution in [0, 0.1) is 0 Å². The van der Waals surface area contributed by atoms with E-state index < -0.39 is 8.24 Å². The van der Waals surface area contributed by atoms with Gasteiger partial charge in [-0.2, -0.15) is 0 Å². The molecule has 1 heterocycles. The number of nitrogens with zero attached hydrogens (tertiary/aromatic N) is 3. The summed E-state index contributed by atoms with van der Waals surface area (Å²) in [7, 11) is -2.83. The van der Waals surface area contributed by atoms with Gasteiger partial charge in [0.15, 0.2) is 0 Å². The van der Waals surface area contributed by atoms with Crippen LogP contribution in [0.3, 0.4) is 0 Å².